The molecule has 5 nitrogen and oxygen atoms in total. The molecule has 3 aromatic rings. The SMILES string of the molecule is CCc1ccc(-c2nc(CNc3cccc([N+](=O)[O-])c3)cs2)cc1. The molecule has 0 aliphatic rings. The molecular weight excluding hydrogens is 322 g/mol. The van der Waals surface area contributed by atoms with Crippen molar-refractivity contribution in [3.05, 3.63) is 75.3 Å². The number of thiazole rings is 1. The molecule has 0 unspecified atom stereocenters. The number of anilines is 1. The van der Waals surface area contributed by atoms with E-state index in [1.165, 1.54) is 17.7 Å². The highest BCUT2D eigenvalue weighted by atomic mass is 32.1. The molecule has 0 amide bonds. The van der Waals surface area contributed by atoms with Crippen molar-refractivity contribution in [1.29, 1.82) is 0 Å². The second-order valence-corrected chi connectivity index (χ2v) is 6.21. The van der Waals surface area contributed by atoms with E-state index in [0.717, 1.165) is 22.7 Å². The van der Waals surface area contributed by atoms with Crippen molar-refractivity contribution in [1.82, 2.24) is 4.98 Å². The summed E-state index contributed by atoms with van der Waals surface area (Å²) >= 11 is 1.60. The first kappa shape index (κ1) is 16.1. The normalized spacial score (nSPS) is 10.5. The van der Waals surface area contributed by atoms with Crippen LogP contribution in [0, 0.1) is 10.1 Å². The first-order valence-corrected chi connectivity index (χ1v) is 8.55. The number of aromatic nitrogens is 1. The lowest BCUT2D eigenvalue weighted by molar-refractivity contribution is -0.384. The third kappa shape index (κ3) is 3.78. The summed E-state index contributed by atoms with van der Waals surface area (Å²) in [4.78, 5) is 15.0. The summed E-state index contributed by atoms with van der Waals surface area (Å²) in [6.07, 6.45) is 1.02. The van der Waals surface area contributed by atoms with Crippen molar-refractivity contribution in [2.75, 3.05) is 5.32 Å². The molecule has 0 spiro atoms. The van der Waals surface area contributed by atoms with Crippen LogP contribution < -0.4 is 5.32 Å². The minimum absolute atomic E-state index is 0.0787. The first-order valence-electron chi connectivity index (χ1n) is 7.67. The number of rotatable bonds is 6. The maximum absolute atomic E-state index is 10.8. The average Bonchev–Trinajstić information content (AvgIpc) is 3.09. The van der Waals surface area contributed by atoms with E-state index in [1.807, 2.05) is 11.4 Å². The topological polar surface area (TPSA) is 68.1 Å². The smallest absolute Gasteiger partial charge is 0.271 e. The Kier molecular flexibility index (Phi) is 4.86. The molecule has 24 heavy (non-hydrogen) atoms. The van der Waals surface area contributed by atoms with Gasteiger partial charge in [-0.3, -0.25) is 10.1 Å². The van der Waals surface area contributed by atoms with Gasteiger partial charge in [0, 0.05) is 28.8 Å². The van der Waals surface area contributed by atoms with Gasteiger partial charge < -0.3 is 5.32 Å². The molecule has 1 aromatic heterocycles. The van der Waals surface area contributed by atoms with Crippen molar-refractivity contribution in [2.24, 2.45) is 0 Å². The fourth-order valence-electron chi connectivity index (χ4n) is 2.33. The third-order valence-electron chi connectivity index (χ3n) is 3.69. The molecule has 1 N–H and O–H groups in total. The Morgan fingerprint density at radius 2 is 2.00 bits per heavy atom. The van der Waals surface area contributed by atoms with Crippen molar-refractivity contribution in [3.8, 4) is 10.6 Å². The van der Waals surface area contributed by atoms with E-state index < -0.39 is 4.92 Å². The molecule has 122 valence electrons. The zero-order chi connectivity index (χ0) is 16.9. The van der Waals surface area contributed by atoms with E-state index >= 15 is 0 Å². The van der Waals surface area contributed by atoms with Gasteiger partial charge in [0.05, 0.1) is 17.2 Å². The molecule has 0 saturated heterocycles. The Balaban J connectivity index is 1.67. The number of benzene rings is 2. The summed E-state index contributed by atoms with van der Waals surface area (Å²) < 4.78 is 0. The highest BCUT2D eigenvalue weighted by molar-refractivity contribution is 7.13. The van der Waals surface area contributed by atoms with Gasteiger partial charge in [-0.15, -0.1) is 11.3 Å². The lowest BCUT2D eigenvalue weighted by Gasteiger charge is -2.04. The Labute approximate surface area is 144 Å². The van der Waals surface area contributed by atoms with Gasteiger partial charge in [0.2, 0.25) is 0 Å². The number of hydrogen-bond donors (Lipinski definition) is 1. The molecule has 0 aliphatic carbocycles. The molecule has 0 aliphatic heterocycles. The fourth-order valence-corrected chi connectivity index (χ4v) is 3.15. The van der Waals surface area contributed by atoms with Crippen LogP contribution in [0.1, 0.15) is 18.2 Å². The van der Waals surface area contributed by atoms with Crippen LogP contribution >= 0.6 is 11.3 Å². The highest BCUT2D eigenvalue weighted by Gasteiger charge is 2.07. The van der Waals surface area contributed by atoms with Crippen LogP contribution in [0.15, 0.2) is 53.9 Å². The summed E-state index contributed by atoms with van der Waals surface area (Å²) in [5.74, 6) is 0. The summed E-state index contributed by atoms with van der Waals surface area (Å²) in [7, 11) is 0. The number of nitro groups is 1. The number of nitrogens with zero attached hydrogens (tertiary/aromatic N) is 2. The zero-order valence-corrected chi connectivity index (χ0v) is 14.0. The van der Waals surface area contributed by atoms with E-state index in [4.69, 9.17) is 0 Å². The molecular formula is C18H17N3O2S. The summed E-state index contributed by atoms with van der Waals surface area (Å²) in [6, 6.07) is 14.9. The lowest BCUT2D eigenvalue weighted by atomic mass is 10.1. The summed E-state index contributed by atoms with van der Waals surface area (Å²) in [5.41, 5.74) is 4.13. The highest BCUT2D eigenvalue weighted by Crippen LogP contribution is 2.25. The van der Waals surface area contributed by atoms with E-state index in [-0.39, 0.29) is 5.69 Å². The van der Waals surface area contributed by atoms with E-state index in [2.05, 4.69) is 41.5 Å². The Morgan fingerprint density at radius 3 is 2.71 bits per heavy atom. The van der Waals surface area contributed by atoms with Crippen molar-refractivity contribution in [2.45, 2.75) is 19.9 Å². The predicted octanol–water partition coefficient (Wildman–Crippen LogP) is 4.89. The summed E-state index contributed by atoms with van der Waals surface area (Å²) in [5, 5.41) is 17.0. The van der Waals surface area contributed by atoms with Crippen LogP contribution in [-0.2, 0) is 13.0 Å². The number of aryl methyl sites for hydroxylation is 1. The second kappa shape index (κ2) is 7.23. The van der Waals surface area contributed by atoms with Crippen molar-refractivity contribution in [3.63, 3.8) is 0 Å². The van der Waals surface area contributed by atoms with Crippen LogP contribution in [0.4, 0.5) is 11.4 Å². The Bertz CT molecular complexity index is 843. The Hall–Kier alpha value is -2.73. The average molecular weight is 339 g/mol. The molecule has 1 heterocycles. The molecule has 0 saturated carbocycles. The van der Waals surface area contributed by atoms with Crippen LogP contribution in [0.25, 0.3) is 10.6 Å². The van der Waals surface area contributed by atoms with Crippen molar-refractivity contribution >= 4 is 22.7 Å². The Morgan fingerprint density at radius 1 is 1.21 bits per heavy atom. The minimum Gasteiger partial charge on any atom is -0.379 e. The first-order chi connectivity index (χ1) is 11.7. The van der Waals surface area contributed by atoms with Gasteiger partial charge in [0.1, 0.15) is 5.01 Å². The van der Waals surface area contributed by atoms with Gasteiger partial charge >= 0.3 is 0 Å². The molecule has 2 aromatic carbocycles. The maximum Gasteiger partial charge on any atom is 0.271 e. The monoisotopic (exact) mass is 339 g/mol. The van der Waals surface area contributed by atoms with Crippen LogP contribution in [0.5, 0.6) is 0 Å². The van der Waals surface area contributed by atoms with Crippen LogP contribution in [0.2, 0.25) is 0 Å². The predicted molar refractivity (Wildman–Crippen MR) is 97.4 cm³/mol. The molecule has 0 bridgehead atoms. The van der Waals surface area contributed by atoms with Gasteiger partial charge in [0.25, 0.3) is 5.69 Å². The van der Waals surface area contributed by atoms with E-state index in [9.17, 15) is 10.1 Å². The van der Waals surface area contributed by atoms with Gasteiger partial charge in [-0.1, -0.05) is 37.3 Å². The quantitative estimate of drug-likeness (QED) is 0.513. The molecule has 0 radical (unpaired) electrons. The van der Waals surface area contributed by atoms with Crippen molar-refractivity contribution < 1.29 is 4.92 Å². The third-order valence-corrected chi connectivity index (χ3v) is 4.63. The largest absolute Gasteiger partial charge is 0.379 e. The lowest BCUT2D eigenvalue weighted by Crippen LogP contribution is -2.00. The standard InChI is InChI=1S/C18H17N3O2S/c1-2-13-6-8-14(9-7-13)18-20-16(12-24-18)11-19-15-4-3-5-17(10-15)21(22)23/h3-10,12,19H,2,11H2,1H3. The maximum atomic E-state index is 10.8. The summed E-state index contributed by atoms with van der Waals surface area (Å²) in [6.45, 7) is 2.67. The van der Waals surface area contributed by atoms with Gasteiger partial charge in [-0.05, 0) is 18.1 Å². The van der Waals surface area contributed by atoms with E-state index in [1.54, 1.807) is 17.4 Å². The number of nitro benzene ring substituents is 1. The second-order valence-electron chi connectivity index (χ2n) is 5.36. The zero-order valence-electron chi connectivity index (χ0n) is 13.2. The number of nitrogens with one attached hydrogen (secondary N) is 1. The van der Waals surface area contributed by atoms with Gasteiger partial charge in [0.15, 0.2) is 0 Å². The van der Waals surface area contributed by atoms with Crippen LogP contribution in [0.3, 0.4) is 0 Å². The van der Waals surface area contributed by atoms with Crippen LogP contribution in [-0.4, -0.2) is 9.91 Å². The van der Waals surface area contributed by atoms with E-state index in [0.29, 0.717) is 12.2 Å². The molecule has 6 heteroatoms. The van der Waals surface area contributed by atoms with Gasteiger partial charge in [-0.2, -0.15) is 0 Å². The molecule has 3 rings (SSSR count). The minimum atomic E-state index is -0.397. The molecule has 0 fully saturated rings. The number of non-ortho nitro benzene ring substituents is 1. The molecule has 0 atom stereocenters. The van der Waals surface area contributed by atoms with Gasteiger partial charge in [-0.25, -0.2) is 4.98 Å². The fraction of sp³-hybridized carbons (Fsp3) is 0.167. The number of hydrogen-bond acceptors (Lipinski definition) is 5.